The van der Waals surface area contributed by atoms with Crippen molar-refractivity contribution in [2.75, 3.05) is 0 Å². The monoisotopic (exact) mass is 280 g/mol. The zero-order chi connectivity index (χ0) is 13.5. The molecule has 0 bridgehead atoms. The van der Waals surface area contributed by atoms with Crippen molar-refractivity contribution >= 4 is 28.0 Å². The Morgan fingerprint density at radius 1 is 0.900 bits per heavy atom. The number of hydrogen-bond donors (Lipinski definition) is 0. The van der Waals surface area contributed by atoms with Crippen molar-refractivity contribution in [2.24, 2.45) is 0 Å². The van der Waals surface area contributed by atoms with Crippen molar-refractivity contribution < 1.29 is 0 Å². The smallest absolute Gasteiger partial charge is 0.169 e. The number of nitrogens with zero attached hydrogens (tertiary/aromatic N) is 4. The molecule has 0 saturated heterocycles. The lowest BCUT2D eigenvalue weighted by Crippen LogP contribution is -1.91. The molecule has 2 heterocycles. The summed E-state index contributed by atoms with van der Waals surface area (Å²) >= 11 is 5.86. The summed E-state index contributed by atoms with van der Waals surface area (Å²) in [4.78, 5) is 4.08. The standard InChI is InChI=1S/C15H9ClN4/c16-13-8-14-18-19-15(20(14)9-17-13)12-6-5-10-3-1-2-4-11(10)7-12/h1-9H. The van der Waals surface area contributed by atoms with Gasteiger partial charge in [-0.15, -0.1) is 10.2 Å². The summed E-state index contributed by atoms with van der Waals surface area (Å²) in [6.07, 6.45) is 1.64. The first kappa shape index (κ1) is 11.4. The molecule has 0 aliphatic carbocycles. The van der Waals surface area contributed by atoms with Crippen LogP contribution in [0.5, 0.6) is 0 Å². The fourth-order valence-electron chi connectivity index (χ4n) is 2.30. The minimum Gasteiger partial charge on any atom is -0.265 e. The molecule has 2 aromatic carbocycles. The van der Waals surface area contributed by atoms with Gasteiger partial charge in [0.2, 0.25) is 0 Å². The molecule has 4 nitrogen and oxygen atoms in total. The zero-order valence-electron chi connectivity index (χ0n) is 10.4. The SMILES string of the molecule is Clc1cc2nnc(-c3ccc4ccccc4c3)n2cn1. The third-order valence-corrected chi connectivity index (χ3v) is 3.48. The van der Waals surface area contributed by atoms with E-state index >= 15 is 0 Å². The van der Waals surface area contributed by atoms with E-state index in [1.807, 2.05) is 22.6 Å². The molecule has 0 radical (unpaired) electrons. The molecule has 0 atom stereocenters. The van der Waals surface area contributed by atoms with Gasteiger partial charge < -0.3 is 0 Å². The summed E-state index contributed by atoms with van der Waals surface area (Å²) in [5.74, 6) is 0.759. The molecule has 4 aromatic rings. The van der Waals surface area contributed by atoms with Crippen LogP contribution in [0.4, 0.5) is 0 Å². The molecule has 2 aromatic heterocycles. The fourth-order valence-corrected chi connectivity index (χ4v) is 2.44. The van der Waals surface area contributed by atoms with Gasteiger partial charge in [-0.3, -0.25) is 4.40 Å². The molecule has 5 heteroatoms. The maximum atomic E-state index is 5.86. The van der Waals surface area contributed by atoms with E-state index in [9.17, 15) is 0 Å². The van der Waals surface area contributed by atoms with Crippen LogP contribution in [0.2, 0.25) is 5.15 Å². The molecule has 0 N–H and O–H groups in total. The molecule has 0 saturated carbocycles. The van der Waals surface area contributed by atoms with Gasteiger partial charge in [0.15, 0.2) is 11.5 Å². The minimum absolute atomic E-state index is 0.412. The van der Waals surface area contributed by atoms with Gasteiger partial charge in [-0.05, 0) is 16.8 Å². The number of benzene rings is 2. The average molecular weight is 281 g/mol. The number of fused-ring (bicyclic) bond motifs is 2. The molecule has 0 unspecified atom stereocenters. The van der Waals surface area contributed by atoms with Crippen molar-refractivity contribution in [3.63, 3.8) is 0 Å². The van der Waals surface area contributed by atoms with Crippen LogP contribution in [0.25, 0.3) is 27.8 Å². The lowest BCUT2D eigenvalue weighted by molar-refractivity contribution is 1.08. The molecular formula is C15H9ClN4. The van der Waals surface area contributed by atoms with Crippen molar-refractivity contribution in [2.45, 2.75) is 0 Å². The van der Waals surface area contributed by atoms with Crippen LogP contribution in [0, 0.1) is 0 Å². The Labute approximate surface area is 119 Å². The van der Waals surface area contributed by atoms with Gasteiger partial charge in [0, 0.05) is 11.6 Å². The quantitative estimate of drug-likeness (QED) is 0.500. The molecule has 96 valence electrons. The van der Waals surface area contributed by atoms with Gasteiger partial charge >= 0.3 is 0 Å². The maximum Gasteiger partial charge on any atom is 0.169 e. The second kappa shape index (κ2) is 4.28. The predicted octanol–water partition coefficient (Wildman–Crippen LogP) is 3.60. The topological polar surface area (TPSA) is 43.1 Å². The Hall–Kier alpha value is -2.46. The number of halogens is 1. The van der Waals surface area contributed by atoms with Gasteiger partial charge in [0.1, 0.15) is 11.5 Å². The second-order valence-electron chi connectivity index (χ2n) is 4.53. The van der Waals surface area contributed by atoms with Crippen molar-refractivity contribution in [3.05, 3.63) is 60.0 Å². The van der Waals surface area contributed by atoms with E-state index in [1.165, 1.54) is 10.8 Å². The molecule has 0 fully saturated rings. The highest BCUT2D eigenvalue weighted by Gasteiger charge is 2.09. The summed E-state index contributed by atoms with van der Waals surface area (Å²) in [6, 6.07) is 16.1. The summed E-state index contributed by atoms with van der Waals surface area (Å²) < 4.78 is 1.83. The number of aromatic nitrogens is 4. The third-order valence-electron chi connectivity index (χ3n) is 3.27. The van der Waals surface area contributed by atoms with Crippen LogP contribution in [0.3, 0.4) is 0 Å². The van der Waals surface area contributed by atoms with E-state index in [2.05, 4.69) is 39.4 Å². The van der Waals surface area contributed by atoms with Crippen LogP contribution >= 0.6 is 11.6 Å². The Morgan fingerprint density at radius 3 is 2.65 bits per heavy atom. The first-order valence-corrected chi connectivity index (χ1v) is 6.54. The Morgan fingerprint density at radius 2 is 1.75 bits per heavy atom. The number of rotatable bonds is 1. The maximum absolute atomic E-state index is 5.86. The highest BCUT2D eigenvalue weighted by molar-refractivity contribution is 6.29. The first-order chi connectivity index (χ1) is 9.81. The highest BCUT2D eigenvalue weighted by atomic mass is 35.5. The van der Waals surface area contributed by atoms with Gasteiger partial charge in [-0.2, -0.15) is 0 Å². The summed E-state index contributed by atoms with van der Waals surface area (Å²) in [5.41, 5.74) is 1.69. The highest BCUT2D eigenvalue weighted by Crippen LogP contribution is 2.23. The third kappa shape index (κ3) is 1.73. The zero-order valence-corrected chi connectivity index (χ0v) is 11.1. The van der Waals surface area contributed by atoms with E-state index in [0.717, 1.165) is 11.4 Å². The summed E-state index contributed by atoms with van der Waals surface area (Å²) in [7, 11) is 0. The summed E-state index contributed by atoms with van der Waals surface area (Å²) in [5, 5.41) is 11.1. The summed E-state index contributed by atoms with van der Waals surface area (Å²) in [6.45, 7) is 0. The van der Waals surface area contributed by atoms with Crippen molar-refractivity contribution in [3.8, 4) is 11.4 Å². The van der Waals surface area contributed by atoms with Crippen LogP contribution in [-0.2, 0) is 0 Å². The Kier molecular flexibility index (Phi) is 2.44. The van der Waals surface area contributed by atoms with Crippen LogP contribution in [0.15, 0.2) is 54.9 Å². The predicted molar refractivity (Wildman–Crippen MR) is 78.7 cm³/mol. The lowest BCUT2D eigenvalue weighted by Gasteiger charge is -2.02. The van der Waals surface area contributed by atoms with E-state index < -0.39 is 0 Å². The van der Waals surface area contributed by atoms with E-state index in [1.54, 1.807) is 12.4 Å². The normalized spacial score (nSPS) is 11.2. The molecule has 20 heavy (non-hydrogen) atoms. The van der Waals surface area contributed by atoms with Crippen LogP contribution in [-0.4, -0.2) is 19.6 Å². The van der Waals surface area contributed by atoms with Crippen LogP contribution < -0.4 is 0 Å². The fraction of sp³-hybridized carbons (Fsp3) is 0. The minimum atomic E-state index is 0.412. The Bertz CT molecular complexity index is 929. The molecular weight excluding hydrogens is 272 g/mol. The van der Waals surface area contributed by atoms with Gasteiger partial charge in [0.05, 0.1) is 0 Å². The average Bonchev–Trinajstić information content (AvgIpc) is 2.89. The molecule has 0 amide bonds. The van der Waals surface area contributed by atoms with Gasteiger partial charge in [-0.1, -0.05) is 48.0 Å². The van der Waals surface area contributed by atoms with Crippen molar-refractivity contribution in [1.82, 2.24) is 19.6 Å². The molecule has 0 aliphatic rings. The number of hydrogen-bond acceptors (Lipinski definition) is 3. The van der Waals surface area contributed by atoms with Gasteiger partial charge in [-0.25, -0.2) is 4.98 Å². The van der Waals surface area contributed by atoms with E-state index in [-0.39, 0.29) is 0 Å². The van der Waals surface area contributed by atoms with E-state index in [4.69, 9.17) is 11.6 Å². The largest absolute Gasteiger partial charge is 0.265 e. The molecule has 4 rings (SSSR count). The Balaban J connectivity index is 1.96. The first-order valence-electron chi connectivity index (χ1n) is 6.17. The second-order valence-corrected chi connectivity index (χ2v) is 4.91. The van der Waals surface area contributed by atoms with Crippen molar-refractivity contribution in [1.29, 1.82) is 0 Å². The van der Waals surface area contributed by atoms with Gasteiger partial charge in [0.25, 0.3) is 0 Å². The lowest BCUT2D eigenvalue weighted by atomic mass is 10.1. The van der Waals surface area contributed by atoms with Crippen LogP contribution in [0.1, 0.15) is 0 Å². The molecule has 0 spiro atoms. The van der Waals surface area contributed by atoms with E-state index in [0.29, 0.717) is 10.8 Å². The molecule has 0 aliphatic heterocycles.